The lowest BCUT2D eigenvalue weighted by molar-refractivity contribution is -0.121. The molecule has 0 unspecified atom stereocenters. The van der Waals surface area contributed by atoms with Crippen LogP contribution >= 0.6 is 0 Å². The van der Waals surface area contributed by atoms with E-state index in [1.165, 1.54) is 6.07 Å². The number of aromatic nitrogens is 2. The lowest BCUT2D eigenvalue weighted by Crippen LogP contribution is -2.25. The van der Waals surface area contributed by atoms with Gasteiger partial charge in [-0.25, -0.2) is 13.5 Å². The molecule has 0 spiro atoms. The molecule has 2 aromatic carbocycles. The summed E-state index contributed by atoms with van der Waals surface area (Å²) in [6, 6.07) is 11.1. The van der Waals surface area contributed by atoms with Crippen molar-refractivity contribution in [3.8, 4) is 17.3 Å². The Hall–Kier alpha value is -3.22. The highest BCUT2D eigenvalue weighted by Crippen LogP contribution is 2.33. The first kappa shape index (κ1) is 20.1. The summed E-state index contributed by atoms with van der Waals surface area (Å²) in [4.78, 5) is 12.2. The molecule has 0 aliphatic heterocycles. The van der Waals surface area contributed by atoms with Gasteiger partial charge in [-0.05, 0) is 62.9 Å². The predicted molar refractivity (Wildman–Crippen MR) is 109 cm³/mol. The Kier molecular flexibility index (Phi) is 5.53. The number of benzene rings is 2. The van der Waals surface area contributed by atoms with Gasteiger partial charge in [-0.15, -0.1) is 0 Å². The van der Waals surface area contributed by atoms with Crippen molar-refractivity contribution >= 4 is 5.91 Å². The molecule has 1 amide bonds. The first-order valence-corrected chi connectivity index (χ1v) is 9.98. The number of aryl methyl sites for hydroxylation is 2. The van der Waals surface area contributed by atoms with E-state index in [0.717, 1.165) is 36.2 Å². The molecule has 0 saturated heterocycles. The summed E-state index contributed by atoms with van der Waals surface area (Å²) in [6.07, 6.45) is 2.72. The van der Waals surface area contributed by atoms with Crippen LogP contribution in [-0.2, 0) is 11.2 Å². The second-order valence-corrected chi connectivity index (χ2v) is 7.64. The summed E-state index contributed by atoms with van der Waals surface area (Å²) in [5.41, 5.74) is 3.19. The van der Waals surface area contributed by atoms with E-state index in [-0.39, 0.29) is 24.1 Å². The fourth-order valence-corrected chi connectivity index (χ4v) is 3.29. The van der Waals surface area contributed by atoms with Crippen molar-refractivity contribution in [3.63, 3.8) is 0 Å². The molecule has 1 aromatic heterocycles. The fourth-order valence-electron chi connectivity index (χ4n) is 3.29. The molecular formula is C23H23F2N3O2. The van der Waals surface area contributed by atoms with Crippen LogP contribution in [0.4, 0.5) is 8.78 Å². The molecule has 30 heavy (non-hydrogen) atoms. The molecule has 156 valence electrons. The zero-order chi connectivity index (χ0) is 21.3. The van der Waals surface area contributed by atoms with Gasteiger partial charge in [-0.3, -0.25) is 4.79 Å². The van der Waals surface area contributed by atoms with Crippen molar-refractivity contribution in [2.75, 3.05) is 0 Å². The van der Waals surface area contributed by atoms with E-state index >= 15 is 0 Å². The zero-order valence-electron chi connectivity index (χ0n) is 16.9. The maximum Gasteiger partial charge on any atom is 0.226 e. The summed E-state index contributed by atoms with van der Waals surface area (Å²) >= 11 is 0. The van der Waals surface area contributed by atoms with Gasteiger partial charge in [0.2, 0.25) is 11.8 Å². The van der Waals surface area contributed by atoms with Gasteiger partial charge in [0.1, 0.15) is 5.82 Å². The topological polar surface area (TPSA) is 56.2 Å². The Labute approximate surface area is 173 Å². The summed E-state index contributed by atoms with van der Waals surface area (Å²) in [5.74, 6) is -1.29. The Morgan fingerprint density at radius 1 is 1.20 bits per heavy atom. The van der Waals surface area contributed by atoms with E-state index in [9.17, 15) is 13.6 Å². The average molecular weight is 411 g/mol. The first-order chi connectivity index (χ1) is 14.4. The van der Waals surface area contributed by atoms with Crippen LogP contribution in [0.2, 0.25) is 0 Å². The third-order valence-corrected chi connectivity index (χ3v) is 5.03. The van der Waals surface area contributed by atoms with E-state index in [4.69, 9.17) is 4.74 Å². The maximum atomic E-state index is 14.3. The molecule has 1 fully saturated rings. The molecule has 0 atom stereocenters. The second kappa shape index (κ2) is 8.26. The highest BCUT2D eigenvalue weighted by atomic mass is 19.1. The summed E-state index contributed by atoms with van der Waals surface area (Å²) in [6.45, 7) is 3.79. The van der Waals surface area contributed by atoms with Gasteiger partial charge < -0.3 is 10.1 Å². The minimum absolute atomic E-state index is 0.0286. The highest BCUT2D eigenvalue weighted by molar-refractivity contribution is 5.77. The van der Waals surface area contributed by atoms with E-state index in [0.29, 0.717) is 23.6 Å². The third kappa shape index (κ3) is 4.50. The van der Waals surface area contributed by atoms with Gasteiger partial charge in [-0.1, -0.05) is 12.1 Å². The molecule has 0 radical (unpaired) electrons. The summed E-state index contributed by atoms with van der Waals surface area (Å²) in [5, 5.41) is 7.55. The quantitative estimate of drug-likeness (QED) is 0.609. The number of rotatable bonds is 7. The number of nitrogens with zero attached hydrogens (tertiary/aromatic N) is 2. The molecular weight excluding hydrogens is 388 g/mol. The lowest BCUT2D eigenvalue weighted by atomic mass is 10.1. The number of halogens is 2. The van der Waals surface area contributed by atoms with Crippen molar-refractivity contribution in [2.24, 2.45) is 0 Å². The second-order valence-electron chi connectivity index (χ2n) is 7.64. The minimum atomic E-state index is -0.804. The average Bonchev–Trinajstić information content (AvgIpc) is 3.45. The Balaban J connectivity index is 1.69. The van der Waals surface area contributed by atoms with Gasteiger partial charge in [0.25, 0.3) is 0 Å². The van der Waals surface area contributed by atoms with Gasteiger partial charge in [0.15, 0.2) is 11.6 Å². The molecule has 3 aromatic rings. The predicted octanol–water partition coefficient (Wildman–Crippen LogP) is 4.77. The highest BCUT2D eigenvalue weighted by Gasteiger charge is 2.25. The van der Waals surface area contributed by atoms with Crippen LogP contribution in [0.25, 0.3) is 5.69 Å². The fraction of sp³-hybridized carbons (Fsp3) is 0.304. The smallest absolute Gasteiger partial charge is 0.226 e. The summed E-state index contributed by atoms with van der Waals surface area (Å²) < 4.78 is 35.1. The van der Waals surface area contributed by atoms with Crippen molar-refractivity contribution in [1.29, 1.82) is 0 Å². The largest absolute Gasteiger partial charge is 0.436 e. The molecule has 7 heteroatoms. The molecule has 1 saturated carbocycles. The number of hydrogen-bond donors (Lipinski definition) is 1. The molecule has 1 aliphatic rings. The number of ether oxygens (including phenoxy) is 1. The molecule has 1 N–H and O–H groups in total. The Bertz CT molecular complexity index is 1090. The number of carbonyl (C=O) groups is 1. The van der Waals surface area contributed by atoms with E-state index in [1.807, 2.05) is 38.1 Å². The minimum Gasteiger partial charge on any atom is -0.436 e. The van der Waals surface area contributed by atoms with Crippen molar-refractivity contribution < 1.29 is 18.3 Å². The molecule has 1 heterocycles. The van der Waals surface area contributed by atoms with Crippen LogP contribution in [0, 0.1) is 25.5 Å². The van der Waals surface area contributed by atoms with Gasteiger partial charge in [0.05, 0.1) is 11.4 Å². The lowest BCUT2D eigenvalue weighted by Gasteiger charge is -2.12. The SMILES string of the molecule is Cc1cccc(-n2nc(C)c(CCC(=O)NC3CC3)c2Oc2ccc(F)cc2F)c1. The van der Waals surface area contributed by atoms with Crippen LogP contribution < -0.4 is 10.1 Å². The van der Waals surface area contributed by atoms with E-state index < -0.39 is 11.6 Å². The van der Waals surface area contributed by atoms with Crippen molar-refractivity contribution in [2.45, 2.75) is 45.6 Å². The first-order valence-electron chi connectivity index (χ1n) is 9.98. The van der Waals surface area contributed by atoms with Crippen LogP contribution in [0.15, 0.2) is 42.5 Å². The zero-order valence-corrected chi connectivity index (χ0v) is 16.9. The van der Waals surface area contributed by atoms with Crippen LogP contribution in [-0.4, -0.2) is 21.7 Å². The third-order valence-electron chi connectivity index (χ3n) is 5.03. The molecule has 0 bridgehead atoms. The Morgan fingerprint density at radius 3 is 2.70 bits per heavy atom. The molecule has 5 nitrogen and oxygen atoms in total. The number of carbonyl (C=O) groups excluding carboxylic acids is 1. The van der Waals surface area contributed by atoms with Crippen LogP contribution in [0.5, 0.6) is 11.6 Å². The van der Waals surface area contributed by atoms with Crippen molar-refractivity contribution in [1.82, 2.24) is 15.1 Å². The number of amides is 1. The Morgan fingerprint density at radius 2 is 2.00 bits per heavy atom. The van der Waals surface area contributed by atoms with E-state index in [1.54, 1.807) is 4.68 Å². The van der Waals surface area contributed by atoms with Gasteiger partial charge >= 0.3 is 0 Å². The maximum absolute atomic E-state index is 14.3. The number of hydrogen-bond acceptors (Lipinski definition) is 3. The normalized spacial score (nSPS) is 13.3. The summed E-state index contributed by atoms with van der Waals surface area (Å²) in [7, 11) is 0. The van der Waals surface area contributed by atoms with Gasteiger partial charge in [0, 0.05) is 24.1 Å². The van der Waals surface area contributed by atoms with Crippen LogP contribution in [0.3, 0.4) is 0 Å². The standard InChI is InChI=1S/C23H23F2N3O2/c1-14-4-3-5-18(12-14)28-23(30-21-10-6-16(24)13-20(21)25)19(15(2)27-28)9-11-22(29)26-17-7-8-17/h3-6,10,12-13,17H,7-9,11H2,1-2H3,(H,26,29). The monoisotopic (exact) mass is 411 g/mol. The van der Waals surface area contributed by atoms with Crippen LogP contribution in [0.1, 0.15) is 36.1 Å². The van der Waals surface area contributed by atoms with Gasteiger partial charge in [-0.2, -0.15) is 5.10 Å². The van der Waals surface area contributed by atoms with E-state index in [2.05, 4.69) is 10.4 Å². The molecule has 1 aliphatic carbocycles. The molecule has 4 rings (SSSR count). The number of nitrogens with one attached hydrogen (secondary N) is 1. The van der Waals surface area contributed by atoms with Crippen molar-refractivity contribution in [3.05, 3.63) is 70.9 Å².